The van der Waals surface area contributed by atoms with Crippen LogP contribution in [0.4, 0.5) is 10.1 Å². The Hall–Kier alpha value is -2.03. The fourth-order valence-corrected chi connectivity index (χ4v) is 2.19. The van der Waals surface area contributed by atoms with E-state index in [1.54, 1.807) is 20.1 Å². The first-order chi connectivity index (χ1) is 9.51. The van der Waals surface area contributed by atoms with Gasteiger partial charge in [-0.1, -0.05) is 18.2 Å². The molecule has 2 nitrogen and oxygen atoms in total. The number of hydrogen-bond acceptors (Lipinski definition) is 2. The van der Waals surface area contributed by atoms with Gasteiger partial charge in [0, 0.05) is 11.3 Å². The number of benzene rings is 2. The van der Waals surface area contributed by atoms with Gasteiger partial charge in [-0.15, -0.1) is 0 Å². The molecule has 1 N–H and O–H groups in total. The minimum absolute atomic E-state index is 0.0349. The monoisotopic (exact) mass is 273 g/mol. The molecular formula is C17H20FNO. The number of nitrogens with one attached hydrogen (secondary N) is 1. The van der Waals surface area contributed by atoms with Gasteiger partial charge in [-0.05, 0) is 50.1 Å². The molecule has 20 heavy (non-hydrogen) atoms. The number of aryl methyl sites for hydroxylation is 2. The highest BCUT2D eigenvalue weighted by molar-refractivity contribution is 5.49. The lowest BCUT2D eigenvalue weighted by Gasteiger charge is -2.19. The highest BCUT2D eigenvalue weighted by Gasteiger charge is 2.12. The summed E-state index contributed by atoms with van der Waals surface area (Å²) in [5.74, 6) is 0.649. The lowest BCUT2D eigenvalue weighted by atomic mass is 10.0. The second-order valence-electron chi connectivity index (χ2n) is 5.08. The van der Waals surface area contributed by atoms with Crippen molar-refractivity contribution in [3.05, 3.63) is 58.9 Å². The minimum Gasteiger partial charge on any atom is -0.496 e. The van der Waals surface area contributed by atoms with Gasteiger partial charge in [0.1, 0.15) is 11.6 Å². The zero-order valence-corrected chi connectivity index (χ0v) is 12.3. The Morgan fingerprint density at radius 2 is 1.85 bits per heavy atom. The molecule has 0 saturated carbocycles. The number of anilines is 1. The minimum atomic E-state index is -0.196. The topological polar surface area (TPSA) is 21.3 Å². The maximum atomic E-state index is 13.6. The van der Waals surface area contributed by atoms with Gasteiger partial charge in [-0.2, -0.15) is 0 Å². The lowest BCUT2D eigenvalue weighted by molar-refractivity contribution is 0.407. The molecule has 0 aliphatic carbocycles. The zero-order chi connectivity index (χ0) is 14.7. The van der Waals surface area contributed by atoms with Gasteiger partial charge >= 0.3 is 0 Å². The first-order valence-electron chi connectivity index (χ1n) is 6.68. The number of halogens is 1. The smallest absolute Gasteiger partial charge is 0.128 e. The zero-order valence-electron chi connectivity index (χ0n) is 12.3. The van der Waals surface area contributed by atoms with Crippen molar-refractivity contribution in [1.29, 1.82) is 0 Å². The summed E-state index contributed by atoms with van der Waals surface area (Å²) in [7, 11) is 1.66. The van der Waals surface area contributed by atoms with Crippen molar-refractivity contribution < 1.29 is 9.13 Å². The van der Waals surface area contributed by atoms with Crippen LogP contribution in [0.15, 0.2) is 36.4 Å². The van der Waals surface area contributed by atoms with Crippen LogP contribution in [0.1, 0.15) is 29.7 Å². The van der Waals surface area contributed by atoms with E-state index < -0.39 is 0 Å². The Balaban J connectivity index is 2.23. The molecule has 0 fully saturated rings. The number of rotatable bonds is 4. The van der Waals surface area contributed by atoms with E-state index in [1.165, 1.54) is 6.07 Å². The molecule has 2 aromatic carbocycles. The van der Waals surface area contributed by atoms with E-state index in [0.717, 1.165) is 22.6 Å². The fraction of sp³-hybridized carbons (Fsp3) is 0.294. The van der Waals surface area contributed by atoms with Crippen LogP contribution in [0.3, 0.4) is 0 Å². The maximum absolute atomic E-state index is 13.6. The van der Waals surface area contributed by atoms with Crippen LogP contribution < -0.4 is 10.1 Å². The molecule has 2 aromatic rings. The van der Waals surface area contributed by atoms with Crippen molar-refractivity contribution in [2.45, 2.75) is 26.8 Å². The molecule has 1 unspecified atom stereocenters. The third kappa shape index (κ3) is 3.10. The largest absolute Gasteiger partial charge is 0.496 e. The molecule has 0 aromatic heterocycles. The number of hydrogen-bond donors (Lipinski definition) is 1. The molecule has 1 atom stereocenters. The summed E-state index contributed by atoms with van der Waals surface area (Å²) >= 11 is 0. The van der Waals surface area contributed by atoms with Crippen LogP contribution >= 0.6 is 0 Å². The SMILES string of the molecule is COc1cc(C)ccc1C(C)Nc1ccc(C)c(F)c1. The summed E-state index contributed by atoms with van der Waals surface area (Å²) in [5, 5.41) is 3.30. The van der Waals surface area contributed by atoms with Crippen molar-refractivity contribution >= 4 is 5.69 Å². The fourth-order valence-electron chi connectivity index (χ4n) is 2.19. The second-order valence-corrected chi connectivity index (χ2v) is 5.08. The number of ether oxygens (including phenoxy) is 1. The van der Waals surface area contributed by atoms with Crippen molar-refractivity contribution in [3.8, 4) is 5.75 Å². The highest BCUT2D eigenvalue weighted by Crippen LogP contribution is 2.29. The summed E-state index contributed by atoms with van der Waals surface area (Å²) in [6.45, 7) is 5.82. The van der Waals surface area contributed by atoms with Crippen LogP contribution in [0, 0.1) is 19.7 Å². The molecule has 106 valence electrons. The molecule has 0 radical (unpaired) electrons. The highest BCUT2D eigenvalue weighted by atomic mass is 19.1. The van der Waals surface area contributed by atoms with Crippen LogP contribution in [-0.2, 0) is 0 Å². The van der Waals surface area contributed by atoms with Gasteiger partial charge < -0.3 is 10.1 Å². The van der Waals surface area contributed by atoms with E-state index >= 15 is 0 Å². The van der Waals surface area contributed by atoms with E-state index in [2.05, 4.69) is 5.32 Å². The van der Waals surface area contributed by atoms with Crippen molar-refractivity contribution in [2.75, 3.05) is 12.4 Å². The summed E-state index contributed by atoms with van der Waals surface area (Å²) in [6.07, 6.45) is 0. The third-order valence-electron chi connectivity index (χ3n) is 3.41. The molecule has 3 heteroatoms. The first-order valence-corrected chi connectivity index (χ1v) is 6.68. The Bertz CT molecular complexity index is 610. The van der Waals surface area contributed by atoms with Crippen molar-refractivity contribution in [3.63, 3.8) is 0 Å². The standard InChI is InChI=1S/C17H20FNO/c1-11-5-8-15(17(9-11)20-4)13(3)19-14-7-6-12(2)16(18)10-14/h5-10,13,19H,1-4H3. The molecule has 0 amide bonds. The van der Waals surface area contributed by atoms with Crippen LogP contribution in [0.25, 0.3) is 0 Å². The molecule has 0 heterocycles. The number of methoxy groups -OCH3 is 1. The molecular weight excluding hydrogens is 253 g/mol. The summed E-state index contributed by atoms with van der Waals surface area (Å²) < 4.78 is 19.0. The summed E-state index contributed by atoms with van der Waals surface area (Å²) in [5.41, 5.74) is 3.62. The van der Waals surface area contributed by atoms with Gasteiger partial charge in [0.2, 0.25) is 0 Å². The average Bonchev–Trinajstić information content (AvgIpc) is 2.42. The predicted octanol–water partition coefficient (Wildman–Crippen LogP) is 4.62. The Labute approximate surface area is 119 Å². The molecule has 0 saturated heterocycles. The van der Waals surface area contributed by atoms with E-state index in [1.807, 2.05) is 38.1 Å². The van der Waals surface area contributed by atoms with Crippen LogP contribution in [0.2, 0.25) is 0 Å². The summed E-state index contributed by atoms with van der Waals surface area (Å²) in [4.78, 5) is 0. The molecule has 0 bridgehead atoms. The quantitative estimate of drug-likeness (QED) is 0.877. The van der Waals surface area contributed by atoms with E-state index in [0.29, 0.717) is 5.56 Å². The van der Waals surface area contributed by atoms with Crippen molar-refractivity contribution in [2.24, 2.45) is 0 Å². The molecule has 2 rings (SSSR count). The van der Waals surface area contributed by atoms with Gasteiger partial charge in [0.15, 0.2) is 0 Å². The third-order valence-corrected chi connectivity index (χ3v) is 3.41. The summed E-state index contributed by atoms with van der Waals surface area (Å²) in [6, 6.07) is 11.3. The van der Waals surface area contributed by atoms with Gasteiger partial charge in [-0.25, -0.2) is 4.39 Å². The molecule has 0 aliphatic rings. The maximum Gasteiger partial charge on any atom is 0.128 e. The van der Waals surface area contributed by atoms with Gasteiger partial charge in [0.25, 0.3) is 0 Å². The van der Waals surface area contributed by atoms with Gasteiger partial charge in [0.05, 0.1) is 13.2 Å². The van der Waals surface area contributed by atoms with E-state index in [-0.39, 0.29) is 11.9 Å². The Morgan fingerprint density at radius 3 is 2.50 bits per heavy atom. The predicted molar refractivity (Wildman–Crippen MR) is 80.9 cm³/mol. The molecule has 0 aliphatic heterocycles. The Kier molecular flexibility index (Phi) is 4.28. The van der Waals surface area contributed by atoms with E-state index in [4.69, 9.17) is 4.74 Å². The second kappa shape index (κ2) is 5.95. The van der Waals surface area contributed by atoms with E-state index in [9.17, 15) is 4.39 Å². The van der Waals surface area contributed by atoms with Crippen LogP contribution in [0.5, 0.6) is 5.75 Å². The first kappa shape index (κ1) is 14.4. The van der Waals surface area contributed by atoms with Crippen LogP contribution in [-0.4, -0.2) is 7.11 Å². The average molecular weight is 273 g/mol. The molecule has 0 spiro atoms. The lowest BCUT2D eigenvalue weighted by Crippen LogP contribution is -2.08. The van der Waals surface area contributed by atoms with Gasteiger partial charge in [-0.3, -0.25) is 0 Å². The van der Waals surface area contributed by atoms with Crippen molar-refractivity contribution in [1.82, 2.24) is 0 Å². The normalized spacial score (nSPS) is 12.1. The Morgan fingerprint density at radius 1 is 1.10 bits per heavy atom.